The first-order chi connectivity index (χ1) is 7.81. The molecule has 0 aromatic heterocycles. The molecule has 0 aliphatic carbocycles. The Balaban J connectivity index is 0. The minimum Gasteiger partial charge on any atom is -1.00 e. The van der Waals surface area contributed by atoms with Crippen LogP contribution in [-0.2, 0) is 0 Å². The van der Waals surface area contributed by atoms with Crippen molar-refractivity contribution in [3.05, 3.63) is 0 Å². The van der Waals surface area contributed by atoms with Crippen LogP contribution in [0.15, 0.2) is 0 Å². The predicted molar refractivity (Wildman–Crippen MR) is 74.1 cm³/mol. The highest BCUT2D eigenvalue weighted by molar-refractivity contribution is 4.42. The molecule has 0 radical (unpaired) electrons. The molecule has 106 valence electrons. The second-order valence-electron chi connectivity index (χ2n) is 5.29. The lowest BCUT2D eigenvalue weighted by molar-refractivity contribution is -0.880. The van der Waals surface area contributed by atoms with Gasteiger partial charge in [-0.3, -0.25) is 0 Å². The molecule has 0 saturated heterocycles. The Hall–Kier alpha value is 0.440. The van der Waals surface area contributed by atoms with Gasteiger partial charge in [0.25, 0.3) is 0 Å². The van der Waals surface area contributed by atoms with Crippen LogP contribution < -0.4 is 21.9 Å². The zero-order chi connectivity index (χ0) is 12.1. The van der Waals surface area contributed by atoms with Crippen molar-refractivity contribution in [1.82, 2.24) is 0 Å². The molecule has 1 N–H and O–H groups in total. The molecule has 0 aliphatic heterocycles. The summed E-state index contributed by atoms with van der Waals surface area (Å²) in [5.41, 5.74) is 0. The number of hydrogen-bond donors (Lipinski definition) is 1. The molecule has 0 amide bonds. The Morgan fingerprint density at radius 3 is 1.29 bits per heavy atom. The second-order valence-corrected chi connectivity index (χ2v) is 5.29. The number of nitrogens with one attached hydrogen (secondary N) is 1. The summed E-state index contributed by atoms with van der Waals surface area (Å²) in [7, 11) is 2.36. The van der Waals surface area contributed by atoms with Gasteiger partial charge in [0.2, 0.25) is 0 Å². The maximum absolute atomic E-state index is 2.36. The van der Waals surface area contributed by atoms with E-state index < -0.39 is 0 Å². The van der Waals surface area contributed by atoms with Crippen LogP contribution in [0, 0.1) is 0 Å². The molecular weight excluding hydrogens is 274 g/mol. The number of quaternary nitrogens is 1. The first-order valence-electron chi connectivity index (χ1n) is 7.62. The van der Waals surface area contributed by atoms with Crippen LogP contribution in [0.4, 0.5) is 0 Å². The van der Waals surface area contributed by atoms with Gasteiger partial charge in [0.1, 0.15) is 0 Å². The summed E-state index contributed by atoms with van der Waals surface area (Å²) in [6, 6.07) is 0. The fraction of sp³-hybridized carbons (Fsp3) is 1.00. The monoisotopic (exact) mass is 307 g/mol. The molecule has 0 aromatic carbocycles. The van der Waals surface area contributed by atoms with E-state index in [1.165, 1.54) is 77.3 Å². The third kappa shape index (κ3) is 16.4. The molecule has 0 aromatic rings. The van der Waals surface area contributed by atoms with Crippen molar-refractivity contribution in [2.45, 2.75) is 78.1 Å². The van der Waals surface area contributed by atoms with Crippen LogP contribution in [-0.4, -0.2) is 20.1 Å². The number of rotatable bonds is 12. The van der Waals surface area contributed by atoms with Crippen molar-refractivity contribution in [2.24, 2.45) is 0 Å². The normalized spacial score (nSPS) is 10.6. The van der Waals surface area contributed by atoms with E-state index in [1.807, 2.05) is 0 Å². The molecule has 0 unspecified atom stereocenters. The third-order valence-corrected chi connectivity index (χ3v) is 3.41. The lowest BCUT2D eigenvalue weighted by Crippen LogP contribution is -3.09. The molecule has 2 heteroatoms. The fourth-order valence-corrected chi connectivity index (χ4v) is 2.19. The maximum Gasteiger partial charge on any atom is 0.0768 e. The van der Waals surface area contributed by atoms with Crippen molar-refractivity contribution in [2.75, 3.05) is 20.1 Å². The van der Waals surface area contributed by atoms with E-state index in [2.05, 4.69) is 20.9 Å². The van der Waals surface area contributed by atoms with E-state index in [0.717, 1.165) is 0 Å². The Labute approximate surface area is 120 Å². The van der Waals surface area contributed by atoms with Crippen LogP contribution in [0.2, 0.25) is 0 Å². The average molecular weight is 308 g/mol. The molecule has 0 aliphatic rings. The van der Waals surface area contributed by atoms with Crippen molar-refractivity contribution in [1.29, 1.82) is 0 Å². The van der Waals surface area contributed by atoms with Crippen LogP contribution in [0.1, 0.15) is 78.1 Å². The van der Waals surface area contributed by atoms with Crippen LogP contribution in [0.25, 0.3) is 0 Å². The predicted octanol–water partition coefficient (Wildman–Crippen LogP) is 0.446. The number of halogens is 1. The Bertz CT molecular complexity index is 114. The highest BCUT2D eigenvalue weighted by Gasteiger charge is 2.00. The summed E-state index contributed by atoms with van der Waals surface area (Å²) in [6.45, 7) is 7.34. The molecule has 0 rings (SSSR count). The first kappa shape index (κ1) is 19.8. The van der Waals surface area contributed by atoms with Gasteiger partial charge in [-0.05, 0) is 25.7 Å². The van der Waals surface area contributed by atoms with Crippen LogP contribution in [0.3, 0.4) is 0 Å². The van der Waals surface area contributed by atoms with Gasteiger partial charge in [0.15, 0.2) is 0 Å². The maximum atomic E-state index is 2.36. The Morgan fingerprint density at radius 1 is 0.588 bits per heavy atom. The van der Waals surface area contributed by atoms with Gasteiger partial charge in [-0.1, -0.05) is 52.4 Å². The zero-order valence-corrected chi connectivity index (χ0v) is 13.9. The van der Waals surface area contributed by atoms with Crippen LogP contribution >= 0.6 is 0 Å². The van der Waals surface area contributed by atoms with E-state index in [1.54, 1.807) is 4.90 Å². The summed E-state index contributed by atoms with van der Waals surface area (Å²) >= 11 is 0. The van der Waals surface area contributed by atoms with Crippen LogP contribution in [0.5, 0.6) is 0 Å². The minimum atomic E-state index is 0. The molecule has 0 fully saturated rings. The zero-order valence-electron chi connectivity index (χ0n) is 12.4. The molecule has 0 atom stereocenters. The van der Waals surface area contributed by atoms with E-state index >= 15 is 0 Å². The SMILES string of the molecule is CCCCCCC[NH+](C)CCCCCCC.[Br-]. The fourth-order valence-electron chi connectivity index (χ4n) is 2.19. The first-order valence-corrected chi connectivity index (χ1v) is 7.62. The van der Waals surface area contributed by atoms with Gasteiger partial charge >= 0.3 is 0 Å². The summed E-state index contributed by atoms with van der Waals surface area (Å²) in [4.78, 5) is 1.74. The molecule has 0 heterocycles. The summed E-state index contributed by atoms with van der Waals surface area (Å²) in [5.74, 6) is 0. The highest BCUT2D eigenvalue weighted by Crippen LogP contribution is 2.01. The van der Waals surface area contributed by atoms with Crippen molar-refractivity contribution in [3.63, 3.8) is 0 Å². The quantitative estimate of drug-likeness (QED) is 0.499. The smallest absolute Gasteiger partial charge is 0.0768 e. The molecule has 0 bridgehead atoms. The number of hydrogen-bond acceptors (Lipinski definition) is 0. The van der Waals surface area contributed by atoms with Crippen molar-refractivity contribution < 1.29 is 21.9 Å². The van der Waals surface area contributed by atoms with Gasteiger partial charge in [-0.15, -0.1) is 0 Å². The van der Waals surface area contributed by atoms with Gasteiger partial charge in [-0.25, -0.2) is 0 Å². The van der Waals surface area contributed by atoms with E-state index in [9.17, 15) is 0 Å². The largest absolute Gasteiger partial charge is 1.00 e. The van der Waals surface area contributed by atoms with Gasteiger partial charge in [-0.2, -0.15) is 0 Å². The lowest BCUT2D eigenvalue weighted by Gasteiger charge is -2.13. The van der Waals surface area contributed by atoms with Gasteiger partial charge in [0, 0.05) is 0 Å². The van der Waals surface area contributed by atoms with Gasteiger partial charge in [0.05, 0.1) is 20.1 Å². The Morgan fingerprint density at radius 2 is 0.941 bits per heavy atom. The molecule has 17 heavy (non-hydrogen) atoms. The molecule has 1 nitrogen and oxygen atoms in total. The number of unbranched alkanes of at least 4 members (excludes halogenated alkanes) is 8. The summed E-state index contributed by atoms with van der Waals surface area (Å²) in [5, 5.41) is 0. The average Bonchev–Trinajstić information content (AvgIpc) is 2.28. The third-order valence-electron chi connectivity index (χ3n) is 3.41. The minimum absolute atomic E-state index is 0. The summed E-state index contributed by atoms with van der Waals surface area (Å²) < 4.78 is 0. The van der Waals surface area contributed by atoms with Crippen molar-refractivity contribution in [3.8, 4) is 0 Å². The summed E-state index contributed by atoms with van der Waals surface area (Å²) in [6.07, 6.45) is 14.2. The van der Waals surface area contributed by atoms with Crippen molar-refractivity contribution >= 4 is 0 Å². The van der Waals surface area contributed by atoms with E-state index in [0.29, 0.717) is 0 Å². The standard InChI is InChI=1S/C15H33N.BrH/c1-4-6-8-10-12-14-16(3)15-13-11-9-7-5-2;/h4-15H2,1-3H3;1H. The molecule has 0 spiro atoms. The molecule has 0 saturated carbocycles. The van der Waals surface area contributed by atoms with E-state index in [-0.39, 0.29) is 17.0 Å². The molecular formula is C15H34BrN. The Kier molecular flexibility index (Phi) is 19.1. The highest BCUT2D eigenvalue weighted by atomic mass is 79.9. The van der Waals surface area contributed by atoms with E-state index in [4.69, 9.17) is 0 Å². The lowest BCUT2D eigenvalue weighted by atomic mass is 10.1. The second kappa shape index (κ2) is 16.4. The van der Waals surface area contributed by atoms with Gasteiger partial charge < -0.3 is 21.9 Å². The topological polar surface area (TPSA) is 4.44 Å².